The lowest BCUT2D eigenvalue weighted by atomic mass is 10.0. The molecule has 0 spiro atoms. The van der Waals surface area contributed by atoms with Crippen molar-refractivity contribution in [3.63, 3.8) is 0 Å². The van der Waals surface area contributed by atoms with Crippen molar-refractivity contribution in [2.45, 2.75) is 0 Å². The summed E-state index contributed by atoms with van der Waals surface area (Å²) >= 11 is 0. The Hall–Kier alpha value is -3.86. The van der Waals surface area contributed by atoms with Crippen molar-refractivity contribution in [2.24, 2.45) is 0 Å². The molecule has 5 heteroatoms. The Morgan fingerprint density at radius 1 is 0.679 bits per heavy atom. The summed E-state index contributed by atoms with van der Waals surface area (Å²) in [7, 11) is 1.83. The molecule has 3 aromatic rings. The lowest BCUT2D eigenvalue weighted by Gasteiger charge is -2.03. The number of fused-ring (bicyclic) bond motifs is 2. The summed E-state index contributed by atoms with van der Waals surface area (Å²) in [6.45, 7) is 0. The van der Waals surface area contributed by atoms with Gasteiger partial charge in [0.1, 0.15) is 11.5 Å². The Morgan fingerprint density at radius 3 is 1.68 bits per heavy atom. The quantitative estimate of drug-likeness (QED) is 0.565. The summed E-state index contributed by atoms with van der Waals surface area (Å²) < 4.78 is 11.0. The molecule has 0 saturated carbocycles. The van der Waals surface area contributed by atoms with Crippen LogP contribution in [-0.4, -0.2) is 19.0 Å². The molecule has 5 nitrogen and oxygen atoms in total. The SMILES string of the molecule is CNc1ccc(C2=c3cc4c(cc3OC2=O)=C(c2ccccc2)C(=O)O4)cc1. The summed E-state index contributed by atoms with van der Waals surface area (Å²) in [5, 5.41) is 4.31. The van der Waals surface area contributed by atoms with E-state index >= 15 is 0 Å². The van der Waals surface area contributed by atoms with Crippen LogP contribution in [0, 0.1) is 0 Å². The van der Waals surface area contributed by atoms with E-state index in [4.69, 9.17) is 9.47 Å². The molecule has 2 aliphatic rings. The highest BCUT2D eigenvalue weighted by atomic mass is 16.5. The van der Waals surface area contributed by atoms with E-state index in [2.05, 4.69) is 5.32 Å². The Labute approximate surface area is 160 Å². The maximum absolute atomic E-state index is 12.5. The second kappa shape index (κ2) is 6.09. The van der Waals surface area contributed by atoms with Crippen LogP contribution in [0.25, 0.3) is 11.1 Å². The van der Waals surface area contributed by atoms with Gasteiger partial charge < -0.3 is 14.8 Å². The largest absolute Gasteiger partial charge is 0.422 e. The van der Waals surface area contributed by atoms with Gasteiger partial charge in [0.25, 0.3) is 0 Å². The fraction of sp³-hybridized carbons (Fsp3) is 0.0435. The molecule has 0 bridgehead atoms. The van der Waals surface area contributed by atoms with Gasteiger partial charge in [0.05, 0.1) is 11.1 Å². The zero-order valence-electron chi connectivity index (χ0n) is 15.0. The first-order valence-corrected chi connectivity index (χ1v) is 8.86. The lowest BCUT2D eigenvalue weighted by Crippen LogP contribution is -2.11. The summed E-state index contributed by atoms with van der Waals surface area (Å²) in [4.78, 5) is 25.0. The predicted molar refractivity (Wildman–Crippen MR) is 104 cm³/mol. The average Bonchev–Trinajstić information content (AvgIpc) is 3.21. The van der Waals surface area contributed by atoms with E-state index in [1.807, 2.05) is 61.6 Å². The zero-order chi connectivity index (χ0) is 19.3. The van der Waals surface area contributed by atoms with E-state index in [0.29, 0.717) is 33.1 Å². The summed E-state index contributed by atoms with van der Waals surface area (Å²) in [6.07, 6.45) is 0. The molecule has 1 N–H and O–H groups in total. The summed E-state index contributed by atoms with van der Waals surface area (Å²) in [5.74, 6) is 0.0491. The van der Waals surface area contributed by atoms with Crippen LogP contribution in [0.5, 0.6) is 11.5 Å². The van der Waals surface area contributed by atoms with Crippen LogP contribution < -0.4 is 25.2 Å². The number of hydrogen-bond acceptors (Lipinski definition) is 5. The third-order valence-electron chi connectivity index (χ3n) is 4.96. The Balaban J connectivity index is 1.75. The smallest absolute Gasteiger partial charge is 0.344 e. The lowest BCUT2D eigenvalue weighted by molar-refractivity contribution is -0.128. The number of anilines is 1. The molecule has 136 valence electrons. The van der Waals surface area contributed by atoms with Gasteiger partial charge in [0.2, 0.25) is 0 Å². The molecular formula is C23H15NO4. The van der Waals surface area contributed by atoms with E-state index in [0.717, 1.165) is 16.8 Å². The number of ether oxygens (including phenoxy) is 2. The van der Waals surface area contributed by atoms with Crippen molar-refractivity contribution < 1.29 is 19.1 Å². The normalized spacial score (nSPS) is 14.5. The van der Waals surface area contributed by atoms with Crippen LogP contribution in [0.3, 0.4) is 0 Å². The Kier molecular flexibility index (Phi) is 3.55. The van der Waals surface area contributed by atoms with Crippen LogP contribution >= 0.6 is 0 Å². The fourth-order valence-electron chi connectivity index (χ4n) is 3.60. The molecule has 2 heterocycles. The number of benzene rings is 3. The predicted octanol–water partition coefficient (Wildman–Crippen LogP) is 1.96. The standard InChI is InChI=1S/C23H15NO4/c1-24-15-9-7-14(8-10-15)21-17-12-18-16(11-19(17)28-23(21)26)20(22(25)27-18)13-5-3-2-4-6-13/h2-12,24H,1H3. The van der Waals surface area contributed by atoms with E-state index in [1.54, 1.807) is 12.1 Å². The molecule has 2 aliphatic heterocycles. The second-order valence-corrected chi connectivity index (χ2v) is 6.57. The molecule has 0 saturated heterocycles. The highest BCUT2D eigenvalue weighted by Crippen LogP contribution is 2.27. The summed E-state index contributed by atoms with van der Waals surface area (Å²) in [5.41, 5.74) is 3.40. The van der Waals surface area contributed by atoms with Gasteiger partial charge in [-0.1, -0.05) is 42.5 Å². The molecule has 5 rings (SSSR count). The van der Waals surface area contributed by atoms with Gasteiger partial charge in [0, 0.05) is 23.2 Å². The molecular weight excluding hydrogens is 354 g/mol. The van der Waals surface area contributed by atoms with Crippen molar-refractivity contribution in [1.82, 2.24) is 0 Å². The number of rotatable bonds is 3. The molecule has 0 atom stereocenters. The van der Waals surface area contributed by atoms with Crippen molar-refractivity contribution in [2.75, 3.05) is 12.4 Å². The number of carbonyl (C=O) groups is 2. The number of esters is 2. The van der Waals surface area contributed by atoms with E-state index in [-0.39, 0.29) is 0 Å². The number of nitrogens with one attached hydrogen (secondary N) is 1. The molecule has 0 unspecified atom stereocenters. The van der Waals surface area contributed by atoms with E-state index < -0.39 is 11.9 Å². The highest BCUT2D eigenvalue weighted by Gasteiger charge is 2.30. The first-order chi connectivity index (χ1) is 13.7. The van der Waals surface area contributed by atoms with Crippen molar-refractivity contribution in [1.29, 1.82) is 0 Å². The third-order valence-corrected chi connectivity index (χ3v) is 4.96. The van der Waals surface area contributed by atoms with Gasteiger partial charge in [0.15, 0.2) is 0 Å². The monoisotopic (exact) mass is 369 g/mol. The zero-order valence-corrected chi connectivity index (χ0v) is 15.0. The first-order valence-electron chi connectivity index (χ1n) is 8.86. The fourth-order valence-corrected chi connectivity index (χ4v) is 3.60. The van der Waals surface area contributed by atoms with Crippen LogP contribution in [0.15, 0.2) is 66.7 Å². The topological polar surface area (TPSA) is 64.6 Å². The minimum atomic E-state index is -0.413. The van der Waals surface area contributed by atoms with E-state index in [1.165, 1.54) is 0 Å². The average molecular weight is 369 g/mol. The van der Waals surface area contributed by atoms with Gasteiger partial charge in [-0.2, -0.15) is 0 Å². The molecule has 3 aromatic carbocycles. The van der Waals surface area contributed by atoms with Crippen molar-refractivity contribution in [3.05, 3.63) is 88.3 Å². The van der Waals surface area contributed by atoms with Gasteiger partial charge in [-0.25, -0.2) is 9.59 Å². The Morgan fingerprint density at radius 2 is 1.18 bits per heavy atom. The van der Waals surface area contributed by atoms with Crippen LogP contribution in [0.1, 0.15) is 11.1 Å². The van der Waals surface area contributed by atoms with Crippen LogP contribution in [0.2, 0.25) is 0 Å². The van der Waals surface area contributed by atoms with Crippen LogP contribution in [0.4, 0.5) is 5.69 Å². The first kappa shape index (κ1) is 16.3. The van der Waals surface area contributed by atoms with E-state index in [9.17, 15) is 9.59 Å². The molecule has 0 fully saturated rings. The van der Waals surface area contributed by atoms with Crippen molar-refractivity contribution in [3.8, 4) is 11.5 Å². The minimum absolute atomic E-state index is 0.406. The molecule has 28 heavy (non-hydrogen) atoms. The minimum Gasteiger partial charge on any atom is -0.422 e. The van der Waals surface area contributed by atoms with Gasteiger partial charge >= 0.3 is 11.9 Å². The maximum Gasteiger partial charge on any atom is 0.344 e. The van der Waals surface area contributed by atoms with Crippen LogP contribution in [-0.2, 0) is 9.59 Å². The van der Waals surface area contributed by atoms with Crippen molar-refractivity contribution >= 4 is 28.8 Å². The van der Waals surface area contributed by atoms with Gasteiger partial charge in [-0.05, 0) is 35.4 Å². The molecule has 0 aromatic heterocycles. The van der Waals surface area contributed by atoms with Gasteiger partial charge in [-0.15, -0.1) is 0 Å². The molecule has 0 amide bonds. The maximum atomic E-state index is 12.5. The second-order valence-electron chi connectivity index (χ2n) is 6.57. The highest BCUT2D eigenvalue weighted by molar-refractivity contribution is 6.21. The summed E-state index contributed by atoms with van der Waals surface area (Å²) in [6, 6.07) is 20.2. The molecule has 0 radical (unpaired) electrons. The number of hydrogen-bond donors (Lipinski definition) is 1. The molecule has 0 aliphatic carbocycles. The number of carbonyl (C=O) groups excluding carboxylic acids is 2. The third kappa shape index (κ3) is 2.41. The Bertz CT molecular complexity index is 1260. The van der Waals surface area contributed by atoms with Gasteiger partial charge in [-0.3, -0.25) is 0 Å².